The molecule has 1 aliphatic rings. The van der Waals surface area contributed by atoms with Crippen LogP contribution >= 0.6 is 0 Å². The second-order valence-corrected chi connectivity index (χ2v) is 5.46. The predicted octanol–water partition coefficient (Wildman–Crippen LogP) is 2.79. The van der Waals surface area contributed by atoms with Gasteiger partial charge in [-0.05, 0) is 24.7 Å². The molecule has 0 amide bonds. The summed E-state index contributed by atoms with van der Waals surface area (Å²) in [5, 5.41) is 15.8. The van der Waals surface area contributed by atoms with Gasteiger partial charge in [0, 0.05) is 5.92 Å². The molecule has 0 saturated heterocycles. The zero-order valence-corrected chi connectivity index (χ0v) is 9.79. The van der Waals surface area contributed by atoms with E-state index in [1.807, 2.05) is 0 Å². The van der Waals surface area contributed by atoms with Crippen LogP contribution in [0.15, 0.2) is 6.20 Å². The van der Waals surface area contributed by atoms with Gasteiger partial charge in [0.1, 0.15) is 5.56 Å². The molecule has 0 spiro atoms. The third-order valence-corrected chi connectivity index (χ3v) is 3.51. The number of carboxylic acid groups (broad SMARTS) is 1. The zero-order chi connectivity index (χ0) is 11.8. The first-order valence-electron chi connectivity index (χ1n) is 5.76. The molecule has 0 radical (unpaired) electrons. The van der Waals surface area contributed by atoms with Crippen molar-refractivity contribution in [2.24, 2.45) is 5.41 Å². The maximum absolute atomic E-state index is 11.0. The Balaban J connectivity index is 2.23. The van der Waals surface area contributed by atoms with Crippen LogP contribution in [0.4, 0.5) is 0 Å². The fraction of sp³-hybridized carbons (Fsp3) is 0.667. The summed E-state index contributed by atoms with van der Waals surface area (Å²) < 4.78 is 0. The Bertz CT molecular complexity index is 395. The molecule has 1 atom stereocenters. The number of hydrogen-bond acceptors (Lipinski definition) is 2. The number of aromatic carboxylic acids is 1. The van der Waals surface area contributed by atoms with E-state index in [1.165, 1.54) is 12.6 Å². The molecule has 1 fully saturated rings. The van der Waals surface area contributed by atoms with E-state index in [0.29, 0.717) is 16.9 Å². The standard InChI is InChI=1S/C12H18N2O2/c1-12(2)5-3-4-8(6-12)10-9(11(15)16)7-13-14-10/h7-8H,3-6H2,1-2H3,(H,13,14)(H,15,16). The van der Waals surface area contributed by atoms with Crippen LogP contribution in [-0.2, 0) is 0 Å². The first kappa shape index (κ1) is 11.2. The molecule has 1 aromatic rings. The summed E-state index contributed by atoms with van der Waals surface area (Å²) in [4.78, 5) is 11.0. The lowest BCUT2D eigenvalue weighted by Gasteiger charge is -2.34. The number of nitrogens with one attached hydrogen (secondary N) is 1. The van der Waals surface area contributed by atoms with Gasteiger partial charge in [-0.15, -0.1) is 0 Å². The van der Waals surface area contributed by atoms with Crippen LogP contribution < -0.4 is 0 Å². The summed E-state index contributed by atoms with van der Waals surface area (Å²) in [6.45, 7) is 4.49. The van der Waals surface area contributed by atoms with Crippen molar-refractivity contribution >= 4 is 5.97 Å². The number of nitrogens with zero attached hydrogens (tertiary/aromatic N) is 1. The SMILES string of the molecule is CC1(C)CCCC(c2[nH]ncc2C(=O)O)C1. The van der Waals surface area contributed by atoms with E-state index in [1.54, 1.807) is 0 Å². The first-order chi connectivity index (χ1) is 7.49. The average molecular weight is 222 g/mol. The molecule has 1 unspecified atom stereocenters. The fourth-order valence-corrected chi connectivity index (χ4v) is 2.72. The molecular formula is C12H18N2O2. The summed E-state index contributed by atoms with van der Waals surface area (Å²) in [6.07, 6.45) is 5.90. The summed E-state index contributed by atoms with van der Waals surface area (Å²) in [6, 6.07) is 0. The van der Waals surface area contributed by atoms with Gasteiger partial charge in [0.05, 0.1) is 11.9 Å². The highest BCUT2D eigenvalue weighted by Crippen LogP contribution is 2.43. The topological polar surface area (TPSA) is 66.0 Å². The van der Waals surface area contributed by atoms with E-state index in [0.717, 1.165) is 25.0 Å². The molecule has 2 rings (SSSR count). The van der Waals surface area contributed by atoms with Crippen LogP contribution in [0, 0.1) is 5.41 Å². The highest BCUT2D eigenvalue weighted by Gasteiger charge is 2.31. The van der Waals surface area contributed by atoms with Gasteiger partial charge in [-0.2, -0.15) is 5.10 Å². The highest BCUT2D eigenvalue weighted by atomic mass is 16.4. The molecule has 0 bridgehead atoms. The summed E-state index contributed by atoms with van der Waals surface area (Å²) in [5.41, 5.74) is 1.45. The zero-order valence-electron chi connectivity index (χ0n) is 9.79. The maximum atomic E-state index is 11.0. The Labute approximate surface area is 95.1 Å². The van der Waals surface area contributed by atoms with Gasteiger partial charge >= 0.3 is 5.97 Å². The van der Waals surface area contributed by atoms with Crippen molar-refractivity contribution in [1.29, 1.82) is 0 Å². The smallest absolute Gasteiger partial charge is 0.339 e. The summed E-state index contributed by atoms with van der Waals surface area (Å²) in [7, 11) is 0. The monoisotopic (exact) mass is 222 g/mol. The van der Waals surface area contributed by atoms with Gasteiger partial charge in [0.25, 0.3) is 0 Å². The predicted molar refractivity (Wildman–Crippen MR) is 60.5 cm³/mol. The Hall–Kier alpha value is -1.32. The Morgan fingerprint density at radius 3 is 3.00 bits per heavy atom. The minimum Gasteiger partial charge on any atom is -0.478 e. The molecule has 16 heavy (non-hydrogen) atoms. The van der Waals surface area contributed by atoms with E-state index in [2.05, 4.69) is 24.0 Å². The second kappa shape index (κ2) is 3.92. The van der Waals surface area contributed by atoms with Crippen LogP contribution in [0.3, 0.4) is 0 Å². The van der Waals surface area contributed by atoms with Gasteiger partial charge in [-0.25, -0.2) is 4.79 Å². The van der Waals surface area contributed by atoms with Crippen molar-refractivity contribution in [3.8, 4) is 0 Å². The lowest BCUT2D eigenvalue weighted by Crippen LogP contribution is -2.22. The van der Waals surface area contributed by atoms with Crippen LogP contribution in [0.25, 0.3) is 0 Å². The van der Waals surface area contributed by atoms with Gasteiger partial charge < -0.3 is 5.11 Å². The van der Waals surface area contributed by atoms with Gasteiger partial charge in [0.15, 0.2) is 0 Å². The highest BCUT2D eigenvalue weighted by molar-refractivity contribution is 5.88. The minimum atomic E-state index is -0.882. The number of rotatable bonds is 2. The van der Waals surface area contributed by atoms with Crippen LogP contribution in [0.2, 0.25) is 0 Å². The molecule has 1 heterocycles. The van der Waals surface area contributed by atoms with Crippen molar-refractivity contribution in [3.05, 3.63) is 17.5 Å². The van der Waals surface area contributed by atoms with Gasteiger partial charge in [0.2, 0.25) is 0 Å². The number of hydrogen-bond donors (Lipinski definition) is 2. The lowest BCUT2D eigenvalue weighted by molar-refractivity contribution is 0.0693. The molecule has 0 aromatic carbocycles. The third kappa shape index (κ3) is 2.10. The van der Waals surface area contributed by atoms with E-state index in [4.69, 9.17) is 5.11 Å². The molecule has 1 saturated carbocycles. The number of carboxylic acids is 1. The number of H-pyrrole nitrogens is 1. The number of carbonyl (C=O) groups is 1. The molecule has 0 aliphatic heterocycles. The summed E-state index contributed by atoms with van der Waals surface area (Å²) >= 11 is 0. The molecular weight excluding hydrogens is 204 g/mol. The number of aromatic amines is 1. The largest absolute Gasteiger partial charge is 0.478 e. The van der Waals surface area contributed by atoms with Crippen LogP contribution in [0.5, 0.6) is 0 Å². The fourth-order valence-electron chi connectivity index (χ4n) is 2.72. The van der Waals surface area contributed by atoms with E-state index < -0.39 is 5.97 Å². The minimum absolute atomic E-state index is 0.309. The summed E-state index contributed by atoms with van der Waals surface area (Å²) in [5.74, 6) is -0.565. The Morgan fingerprint density at radius 2 is 2.38 bits per heavy atom. The van der Waals surface area contributed by atoms with E-state index in [9.17, 15) is 4.79 Å². The Morgan fingerprint density at radius 1 is 1.62 bits per heavy atom. The third-order valence-electron chi connectivity index (χ3n) is 3.51. The average Bonchev–Trinajstić information content (AvgIpc) is 2.64. The molecule has 1 aliphatic carbocycles. The lowest BCUT2D eigenvalue weighted by atomic mass is 9.71. The molecule has 88 valence electrons. The van der Waals surface area contributed by atoms with E-state index in [-0.39, 0.29) is 0 Å². The normalized spacial score (nSPS) is 24.2. The second-order valence-electron chi connectivity index (χ2n) is 5.46. The van der Waals surface area contributed by atoms with Crippen LogP contribution in [0.1, 0.15) is 61.5 Å². The molecule has 2 N–H and O–H groups in total. The molecule has 4 heteroatoms. The van der Waals surface area contributed by atoms with Crippen molar-refractivity contribution in [1.82, 2.24) is 10.2 Å². The molecule has 1 aromatic heterocycles. The quantitative estimate of drug-likeness (QED) is 0.808. The van der Waals surface area contributed by atoms with Crippen molar-refractivity contribution in [3.63, 3.8) is 0 Å². The maximum Gasteiger partial charge on any atom is 0.339 e. The first-order valence-corrected chi connectivity index (χ1v) is 5.76. The Kier molecular flexibility index (Phi) is 2.74. The van der Waals surface area contributed by atoms with Crippen LogP contribution in [-0.4, -0.2) is 21.3 Å². The van der Waals surface area contributed by atoms with E-state index >= 15 is 0 Å². The molecule has 4 nitrogen and oxygen atoms in total. The van der Waals surface area contributed by atoms with Crippen molar-refractivity contribution in [2.75, 3.05) is 0 Å². The van der Waals surface area contributed by atoms with Gasteiger partial charge in [-0.1, -0.05) is 20.3 Å². The number of aromatic nitrogens is 2. The van der Waals surface area contributed by atoms with Crippen molar-refractivity contribution in [2.45, 2.75) is 45.4 Å². The van der Waals surface area contributed by atoms with Gasteiger partial charge in [-0.3, -0.25) is 5.10 Å². The van der Waals surface area contributed by atoms with Crippen molar-refractivity contribution < 1.29 is 9.90 Å².